The van der Waals surface area contributed by atoms with Crippen LogP contribution in [0.25, 0.3) is 33.2 Å². The zero-order valence-electron chi connectivity index (χ0n) is 11.9. The molecule has 102 valence electrons. The van der Waals surface area contributed by atoms with E-state index in [0.717, 1.165) is 38.8 Å². The molecule has 2 aliphatic heterocycles. The van der Waals surface area contributed by atoms with Gasteiger partial charge in [0.05, 0.1) is 5.52 Å². The first-order chi connectivity index (χ1) is 10.1. The van der Waals surface area contributed by atoms with E-state index in [2.05, 4.69) is 16.7 Å². The van der Waals surface area contributed by atoms with E-state index in [9.17, 15) is 4.79 Å². The molecule has 0 aliphatic carbocycles. The van der Waals surface area contributed by atoms with E-state index in [4.69, 9.17) is 4.98 Å². The number of nitrogens with zero attached hydrogens (tertiary/aromatic N) is 2. The average Bonchev–Trinajstić information content (AvgIpc) is 2.86. The van der Waals surface area contributed by atoms with Crippen molar-refractivity contribution < 1.29 is 4.79 Å². The monoisotopic (exact) mass is 274 g/mol. The molecule has 0 saturated carbocycles. The number of benzene rings is 2. The van der Waals surface area contributed by atoms with Crippen LogP contribution in [0.1, 0.15) is 17.3 Å². The van der Waals surface area contributed by atoms with Gasteiger partial charge < -0.3 is 4.57 Å². The van der Waals surface area contributed by atoms with Crippen molar-refractivity contribution in [2.45, 2.75) is 6.92 Å². The number of Topliss-reactive ketones (excluding diaryl/α,β-unsaturated/α-hetero) is 1. The summed E-state index contributed by atoms with van der Waals surface area (Å²) in [6, 6.07) is 16.1. The van der Waals surface area contributed by atoms with Gasteiger partial charge in [0, 0.05) is 29.1 Å². The van der Waals surface area contributed by atoms with Crippen molar-refractivity contribution in [3.63, 3.8) is 0 Å². The molecule has 0 atom stereocenters. The van der Waals surface area contributed by atoms with Crippen LogP contribution >= 0.6 is 0 Å². The van der Waals surface area contributed by atoms with Gasteiger partial charge in [0.2, 0.25) is 0 Å². The standard InChI is InChI=1S/C18H14N2O/c1-11(21)12-7-8-17-13(9-12)10-15-14-5-3-4-6-16(14)19-18(15)20(17)2/h3-10H,1-2H3. The highest BCUT2D eigenvalue weighted by Gasteiger charge is 2.16. The predicted octanol–water partition coefficient (Wildman–Crippen LogP) is 4.03. The number of pyridine rings is 1. The lowest BCUT2D eigenvalue weighted by atomic mass is 10.0. The number of hydrogen-bond acceptors (Lipinski definition) is 2. The van der Waals surface area contributed by atoms with Crippen molar-refractivity contribution in [1.29, 1.82) is 0 Å². The largest absolute Gasteiger partial charge is 0.328 e. The molecule has 0 radical (unpaired) electrons. The molecule has 0 N–H and O–H groups in total. The Morgan fingerprint density at radius 3 is 2.71 bits per heavy atom. The summed E-state index contributed by atoms with van der Waals surface area (Å²) >= 11 is 0. The van der Waals surface area contributed by atoms with Crippen LogP contribution in [0.2, 0.25) is 0 Å². The second kappa shape index (κ2) is 4.16. The number of carbonyl (C=O) groups excluding carboxylic acids is 1. The third-order valence-corrected chi connectivity index (χ3v) is 4.07. The fourth-order valence-corrected chi connectivity index (χ4v) is 2.96. The number of carbonyl (C=O) groups is 1. The lowest BCUT2D eigenvalue weighted by Gasteiger charge is -2.12. The van der Waals surface area contributed by atoms with Crippen LogP contribution in [-0.4, -0.2) is 15.3 Å². The Morgan fingerprint density at radius 2 is 1.90 bits per heavy atom. The topological polar surface area (TPSA) is 34.9 Å². The van der Waals surface area contributed by atoms with Gasteiger partial charge in [-0.25, -0.2) is 4.98 Å². The van der Waals surface area contributed by atoms with E-state index in [-0.39, 0.29) is 5.78 Å². The van der Waals surface area contributed by atoms with Crippen molar-refractivity contribution in [3.8, 4) is 11.4 Å². The Morgan fingerprint density at radius 1 is 1.10 bits per heavy atom. The van der Waals surface area contributed by atoms with Gasteiger partial charge in [-0.1, -0.05) is 18.2 Å². The first-order valence-electron chi connectivity index (χ1n) is 6.94. The number of para-hydroxylation sites is 1. The van der Waals surface area contributed by atoms with Crippen LogP contribution in [0.15, 0.2) is 48.5 Å². The maximum Gasteiger partial charge on any atom is 0.159 e. The van der Waals surface area contributed by atoms with Gasteiger partial charge >= 0.3 is 0 Å². The lowest BCUT2D eigenvalue weighted by molar-refractivity contribution is 0.101. The molecule has 2 aliphatic rings. The normalized spacial score (nSPS) is 11.5. The van der Waals surface area contributed by atoms with Gasteiger partial charge in [-0.05, 0) is 42.6 Å². The molecular weight excluding hydrogens is 260 g/mol. The predicted molar refractivity (Wildman–Crippen MR) is 84.8 cm³/mol. The highest BCUT2D eigenvalue weighted by molar-refractivity contribution is 6.03. The molecule has 0 aromatic heterocycles. The maximum atomic E-state index is 11.6. The summed E-state index contributed by atoms with van der Waals surface area (Å²) in [5, 5.41) is 2.22. The van der Waals surface area contributed by atoms with Gasteiger partial charge in [0.25, 0.3) is 0 Å². The Labute approximate surface area is 122 Å². The van der Waals surface area contributed by atoms with Crippen LogP contribution in [-0.2, 0) is 7.05 Å². The average molecular weight is 274 g/mol. The molecule has 0 amide bonds. The number of aromatic nitrogens is 2. The minimum absolute atomic E-state index is 0.0881. The SMILES string of the molecule is CC(=O)c1ccc2c(c1)cc1c3ccccc3nc-1n2C. The van der Waals surface area contributed by atoms with Crippen molar-refractivity contribution in [3.05, 3.63) is 54.1 Å². The van der Waals surface area contributed by atoms with Gasteiger partial charge in [-0.3, -0.25) is 4.79 Å². The van der Waals surface area contributed by atoms with E-state index in [0.29, 0.717) is 0 Å². The molecule has 3 heteroatoms. The van der Waals surface area contributed by atoms with Crippen LogP contribution in [0.3, 0.4) is 0 Å². The van der Waals surface area contributed by atoms with E-state index >= 15 is 0 Å². The smallest absolute Gasteiger partial charge is 0.159 e. The van der Waals surface area contributed by atoms with Gasteiger partial charge in [0.15, 0.2) is 5.78 Å². The number of ketones is 1. The molecule has 0 bridgehead atoms. The summed E-state index contributed by atoms with van der Waals surface area (Å²) in [5.74, 6) is 1.06. The second-order valence-corrected chi connectivity index (χ2v) is 5.40. The molecule has 2 aromatic rings. The molecule has 4 rings (SSSR count). The fraction of sp³-hybridized carbons (Fsp3) is 0.111. The zero-order chi connectivity index (χ0) is 14.6. The van der Waals surface area contributed by atoms with Crippen molar-refractivity contribution in [1.82, 2.24) is 9.55 Å². The van der Waals surface area contributed by atoms with Gasteiger partial charge in [-0.2, -0.15) is 0 Å². The van der Waals surface area contributed by atoms with Crippen LogP contribution in [0, 0.1) is 0 Å². The lowest BCUT2D eigenvalue weighted by Crippen LogP contribution is -2.01. The highest BCUT2D eigenvalue weighted by atomic mass is 16.1. The first kappa shape index (κ1) is 12.1. The summed E-state index contributed by atoms with van der Waals surface area (Å²) in [6.07, 6.45) is 0. The van der Waals surface area contributed by atoms with Crippen LogP contribution in [0.4, 0.5) is 0 Å². The quantitative estimate of drug-likeness (QED) is 0.491. The maximum absolute atomic E-state index is 11.6. The minimum Gasteiger partial charge on any atom is -0.328 e. The van der Waals surface area contributed by atoms with Gasteiger partial charge in [0.1, 0.15) is 5.82 Å². The molecule has 0 saturated heterocycles. The molecule has 3 nitrogen and oxygen atoms in total. The van der Waals surface area contributed by atoms with Crippen LogP contribution < -0.4 is 0 Å². The summed E-state index contributed by atoms with van der Waals surface area (Å²) < 4.78 is 2.09. The van der Waals surface area contributed by atoms with Crippen molar-refractivity contribution >= 4 is 27.6 Å². The second-order valence-electron chi connectivity index (χ2n) is 5.40. The molecule has 0 spiro atoms. The Balaban J connectivity index is 2.17. The summed E-state index contributed by atoms with van der Waals surface area (Å²) in [6.45, 7) is 1.60. The third-order valence-electron chi connectivity index (χ3n) is 4.07. The fourth-order valence-electron chi connectivity index (χ4n) is 2.96. The van der Waals surface area contributed by atoms with Crippen molar-refractivity contribution in [2.75, 3.05) is 0 Å². The molecule has 2 aromatic carbocycles. The van der Waals surface area contributed by atoms with E-state index in [1.165, 1.54) is 0 Å². The molecule has 21 heavy (non-hydrogen) atoms. The van der Waals surface area contributed by atoms with Crippen molar-refractivity contribution in [2.24, 2.45) is 7.05 Å². The van der Waals surface area contributed by atoms with E-state index in [1.54, 1.807) is 6.92 Å². The Hall–Kier alpha value is -2.68. The van der Waals surface area contributed by atoms with E-state index in [1.807, 2.05) is 43.4 Å². The molecular formula is C18H14N2O. The first-order valence-corrected chi connectivity index (χ1v) is 6.94. The zero-order valence-corrected chi connectivity index (χ0v) is 11.9. The van der Waals surface area contributed by atoms with Crippen LogP contribution in [0.5, 0.6) is 0 Å². The van der Waals surface area contributed by atoms with Gasteiger partial charge in [-0.15, -0.1) is 0 Å². The van der Waals surface area contributed by atoms with E-state index < -0.39 is 0 Å². The third kappa shape index (κ3) is 1.67. The summed E-state index contributed by atoms with van der Waals surface area (Å²) in [7, 11) is 2.02. The number of aryl methyl sites for hydroxylation is 1. The number of fused-ring (bicyclic) bond motifs is 4. The summed E-state index contributed by atoms with van der Waals surface area (Å²) in [5.41, 5.74) is 3.95. The summed E-state index contributed by atoms with van der Waals surface area (Å²) in [4.78, 5) is 16.3. The molecule has 0 unspecified atom stereocenters. The number of hydrogen-bond donors (Lipinski definition) is 0. The molecule has 2 heterocycles. The highest BCUT2D eigenvalue weighted by Crippen LogP contribution is 2.34. The Kier molecular flexibility index (Phi) is 2.39. The molecule has 0 fully saturated rings. The Bertz CT molecular complexity index is 981. The number of rotatable bonds is 1. The minimum atomic E-state index is 0.0881.